The molecule has 1 atom stereocenters. The van der Waals surface area contributed by atoms with Gasteiger partial charge in [0.25, 0.3) is 0 Å². The highest BCUT2D eigenvalue weighted by Crippen LogP contribution is 2.27. The Morgan fingerprint density at radius 3 is 3.00 bits per heavy atom. The number of halogens is 1. The van der Waals surface area contributed by atoms with E-state index in [1.165, 1.54) is 17.6 Å². The molecule has 0 bridgehead atoms. The summed E-state index contributed by atoms with van der Waals surface area (Å²) in [6.45, 7) is 0. The van der Waals surface area contributed by atoms with Gasteiger partial charge in [-0.1, -0.05) is 27.6 Å². The van der Waals surface area contributed by atoms with Crippen molar-refractivity contribution < 1.29 is 4.74 Å². The van der Waals surface area contributed by atoms with E-state index < -0.39 is 0 Å². The Morgan fingerprint density at radius 1 is 1.47 bits per heavy atom. The number of benzene rings is 1. The van der Waals surface area contributed by atoms with Crippen LogP contribution in [0.3, 0.4) is 0 Å². The van der Waals surface area contributed by atoms with Crippen LogP contribution in [0.5, 0.6) is 5.75 Å². The number of allylic oxidation sites excluding steroid dienone is 1. The van der Waals surface area contributed by atoms with Gasteiger partial charge in [-0.2, -0.15) is 0 Å². The molecule has 0 saturated heterocycles. The minimum absolute atomic E-state index is 0.239. The number of ether oxygens (including phenoxy) is 1. The molecule has 1 aliphatic rings. The molecular weight excluding hydrogens is 278 g/mol. The highest BCUT2D eigenvalue weighted by atomic mass is 79.9. The Hall–Kier alpha value is -0.800. The minimum Gasteiger partial charge on any atom is -0.497 e. The number of methoxy groups -OCH3 is 1. The summed E-state index contributed by atoms with van der Waals surface area (Å²) in [5.41, 5.74) is 8.67. The smallest absolute Gasteiger partial charge is 0.119 e. The van der Waals surface area contributed by atoms with E-state index in [0.29, 0.717) is 0 Å². The van der Waals surface area contributed by atoms with Crippen molar-refractivity contribution in [3.05, 3.63) is 39.9 Å². The lowest BCUT2D eigenvalue weighted by molar-refractivity contribution is 0.414. The van der Waals surface area contributed by atoms with Crippen molar-refractivity contribution in [2.24, 2.45) is 5.73 Å². The molecule has 0 spiro atoms. The summed E-state index contributed by atoms with van der Waals surface area (Å²) < 4.78 is 6.39. The van der Waals surface area contributed by atoms with E-state index >= 15 is 0 Å². The molecule has 0 aromatic heterocycles. The highest BCUT2D eigenvalue weighted by Gasteiger charge is 2.12. The monoisotopic (exact) mass is 295 g/mol. The van der Waals surface area contributed by atoms with Gasteiger partial charge >= 0.3 is 0 Å². The van der Waals surface area contributed by atoms with Gasteiger partial charge in [-0.05, 0) is 49.4 Å². The van der Waals surface area contributed by atoms with Crippen LogP contribution >= 0.6 is 15.9 Å². The number of nitrogens with two attached hydrogens (primary N) is 1. The molecule has 1 aromatic carbocycles. The van der Waals surface area contributed by atoms with E-state index in [9.17, 15) is 0 Å². The van der Waals surface area contributed by atoms with Gasteiger partial charge in [-0.25, -0.2) is 0 Å². The van der Waals surface area contributed by atoms with Crippen molar-refractivity contribution in [3.8, 4) is 5.75 Å². The van der Waals surface area contributed by atoms with Crippen LogP contribution in [-0.4, -0.2) is 13.2 Å². The Morgan fingerprint density at radius 2 is 2.29 bits per heavy atom. The first-order valence-corrected chi connectivity index (χ1v) is 6.76. The number of hydrogen-bond acceptors (Lipinski definition) is 2. The molecule has 0 saturated carbocycles. The molecule has 1 unspecified atom stereocenters. The van der Waals surface area contributed by atoms with Gasteiger partial charge in [0.1, 0.15) is 5.75 Å². The van der Waals surface area contributed by atoms with Crippen LogP contribution in [-0.2, 0) is 6.42 Å². The maximum Gasteiger partial charge on any atom is 0.119 e. The van der Waals surface area contributed by atoms with Crippen LogP contribution < -0.4 is 10.5 Å². The second-order valence-corrected chi connectivity index (χ2v) is 5.37. The van der Waals surface area contributed by atoms with Crippen LogP contribution in [0.15, 0.2) is 34.3 Å². The van der Waals surface area contributed by atoms with Crippen molar-refractivity contribution in [2.75, 3.05) is 7.11 Å². The summed E-state index contributed by atoms with van der Waals surface area (Å²) in [6, 6.07) is 6.33. The average Bonchev–Trinajstić information content (AvgIpc) is 2.32. The van der Waals surface area contributed by atoms with Crippen LogP contribution in [0, 0.1) is 0 Å². The second-order valence-electron chi connectivity index (χ2n) is 4.52. The normalized spacial score (nSPS) is 19.9. The largest absolute Gasteiger partial charge is 0.497 e. The van der Waals surface area contributed by atoms with E-state index in [-0.39, 0.29) is 6.04 Å². The van der Waals surface area contributed by atoms with Gasteiger partial charge in [0.05, 0.1) is 7.11 Å². The van der Waals surface area contributed by atoms with E-state index in [0.717, 1.165) is 29.5 Å². The summed E-state index contributed by atoms with van der Waals surface area (Å²) in [5.74, 6) is 0.906. The summed E-state index contributed by atoms with van der Waals surface area (Å²) in [7, 11) is 1.70. The predicted octanol–water partition coefficient (Wildman–Crippen LogP) is 3.44. The molecule has 0 heterocycles. The number of hydrogen-bond donors (Lipinski definition) is 1. The topological polar surface area (TPSA) is 35.2 Å². The first-order valence-electron chi connectivity index (χ1n) is 5.96. The van der Waals surface area contributed by atoms with Gasteiger partial charge in [0.2, 0.25) is 0 Å². The molecule has 2 N–H and O–H groups in total. The minimum atomic E-state index is 0.239. The molecule has 1 aromatic rings. The second kappa shape index (κ2) is 5.69. The summed E-state index contributed by atoms with van der Waals surface area (Å²) in [5, 5.41) is 0. The van der Waals surface area contributed by atoms with E-state index in [2.05, 4.69) is 28.1 Å². The zero-order valence-corrected chi connectivity index (χ0v) is 11.7. The summed E-state index contributed by atoms with van der Waals surface area (Å²) >= 11 is 3.59. The molecule has 92 valence electrons. The van der Waals surface area contributed by atoms with E-state index in [1.54, 1.807) is 7.11 Å². The molecule has 2 rings (SSSR count). The highest BCUT2D eigenvalue weighted by molar-refractivity contribution is 9.10. The molecule has 0 aliphatic heterocycles. The third kappa shape index (κ3) is 3.33. The summed E-state index contributed by atoms with van der Waals surface area (Å²) in [6.07, 6.45) is 6.66. The molecule has 3 heteroatoms. The fourth-order valence-corrected chi connectivity index (χ4v) is 2.63. The lowest BCUT2D eigenvalue weighted by Crippen LogP contribution is -2.20. The van der Waals surface area contributed by atoms with E-state index in [4.69, 9.17) is 10.5 Å². The summed E-state index contributed by atoms with van der Waals surface area (Å²) in [4.78, 5) is 0. The molecule has 1 aliphatic carbocycles. The zero-order chi connectivity index (χ0) is 12.3. The Bertz CT molecular complexity index is 428. The Kier molecular flexibility index (Phi) is 4.24. The molecule has 0 radical (unpaired) electrons. The molecule has 17 heavy (non-hydrogen) atoms. The van der Waals surface area contributed by atoms with Crippen LogP contribution in [0.25, 0.3) is 0 Å². The number of rotatable bonds is 3. The molecule has 0 amide bonds. The van der Waals surface area contributed by atoms with Crippen molar-refractivity contribution in [1.29, 1.82) is 0 Å². The van der Waals surface area contributed by atoms with Crippen molar-refractivity contribution in [1.82, 2.24) is 0 Å². The van der Waals surface area contributed by atoms with Crippen LogP contribution in [0.1, 0.15) is 24.8 Å². The first-order chi connectivity index (χ1) is 8.19. The molecule has 0 fully saturated rings. The third-order valence-electron chi connectivity index (χ3n) is 3.16. The fourth-order valence-electron chi connectivity index (χ4n) is 2.24. The Balaban J connectivity index is 2.17. The Labute approximate surface area is 111 Å². The predicted molar refractivity (Wildman–Crippen MR) is 74.3 cm³/mol. The maximum absolute atomic E-state index is 5.96. The lowest BCUT2D eigenvalue weighted by Gasteiger charge is -2.18. The van der Waals surface area contributed by atoms with Gasteiger partial charge in [0.15, 0.2) is 0 Å². The zero-order valence-electron chi connectivity index (χ0n) is 10.1. The van der Waals surface area contributed by atoms with Crippen LogP contribution in [0.4, 0.5) is 0 Å². The van der Waals surface area contributed by atoms with Crippen molar-refractivity contribution in [2.45, 2.75) is 31.7 Å². The molecular formula is C14H18BrNO. The lowest BCUT2D eigenvalue weighted by atomic mass is 9.92. The van der Waals surface area contributed by atoms with Crippen molar-refractivity contribution in [3.63, 3.8) is 0 Å². The van der Waals surface area contributed by atoms with E-state index in [1.807, 2.05) is 12.1 Å². The maximum atomic E-state index is 5.96. The SMILES string of the molecule is COc1ccc(Br)c(CC2=CC(N)CCC2)c1. The van der Waals surface area contributed by atoms with Gasteiger partial charge in [-0.3, -0.25) is 0 Å². The third-order valence-corrected chi connectivity index (χ3v) is 3.93. The average molecular weight is 296 g/mol. The van der Waals surface area contributed by atoms with Crippen molar-refractivity contribution >= 4 is 15.9 Å². The van der Waals surface area contributed by atoms with Gasteiger partial charge < -0.3 is 10.5 Å². The van der Waals surface area contributed by atoms with Gasteiger partial charge in [0, 0.05) is 10.5 Å². The van der Waals surface area contributed by atoms with Crippen LogP contribution in [0.2, 0.25) is 0 Å². The first kappa shape index (κ1) is 12.7. The van der Waals surface area contributed by atoms with Gasteiger partial charge in [-0.15, -0.1) is 0 Å². The fraction of sp³-hybridized carbons (Fsp3) is 0.429. The standard InChI is InChI=1S/C14H18BrNO/c1-17-13-5-6-14(15)11(9-13)7-10-3-2-4-12(16)8-10/h5-6,8-9,12H,2-4,7,16H2,1H3. The quantitative estimate of drug-likeness (QED) is 0.867. The molecule has 2 nitrogen and oxygen atoms in total.